The summed E-state index contributed by atoms with van der Waals surface area (Å²) >= 11 is 0. The lowest BCUT2D eigenvalue weighted by Crippen LogP contribution is -2.12. The van der Waals surface area contributed by atoms with Gasteiger partial charge in [0, 0.05) is 24.5 Å². The lowest BCUT2D eigenvalue weighted by molar-refractivity contribution is 0.546. The molecule has 134 valence electrons. The van der Waals surface area contributed by atoms with E-state index >= 15 is 0 Å². The van der Waals surface area contributed by atoms with Crippen LogP contribution in [0.15, 0.2) is 30.6 Å². The van der Waals surface area contributed by atoms with Crippen LogP contribution in [0.1, 0.15) is 49.2 Å². The molecule has 1 aromatic carbocycles. The number of nitrogens with zero attached hydrogens (tertiary/aromatic N) is 4. The number of fused-ring (bicyclic) bond motifs is 1. The molecule has 26 heavy (non-hydrogen) atoms. The first-order valence-electron chi connectivity index (χ1n) is 9.15. The first kappa shape index (κ1) is 16.6. The maximum absolute atomic E-state index is 4.83. The van der Waals surface area contributed by atoms with Gasteiger partial charge in [0.1, 0.15) is 17.3 Å². The van der Waals surface area contributed by atoms with E-state index in [2.05, 4.69) is 58.5 Å². The third-order valence-electron chi connectivity index (χ3n) is 4.84. The number of rotatable bonds is 5. The molecule has 6 heteroatoms. The molecule has 0 radical (unpaired) electrons. The number of hydrogen-bond donors (Lipinski definition) is 2. The van der Waals surface area contributed by atoms with Crippen LogP contribution < -0.4 is 0 Å². The van der Waals surface area contributed by atoms with E-state index in [1.165, 1.54) is 5.56 Å². The number of hydrogen-bond acceptors (Lipinski definition) is 3. The molecule has 0 aliphatic rings. The number of H-pyrrole nitrogens is 2. The molecule has 0 amide bonds. The zero-order chi connectivity index (χ0) is 18.3. The summed E-state index contributed by atoms with van der Waals surface area (Å²) in [5, 5.41) is 0. The standard InChI is InChI=1S/C20H24N6/c1-5-16(19-23-14-8-7-12(3)11-15(14)24-19)26-10-9-21-20(26)18-13(4)22-17(6-2)25-18/h7-11,16H,5-6H2,1-4H3,(H,22,25)(H,23,24)/t16-/m0/s1. The smallest absolute Gasteiger partial charge is 0.161 e. The molecule has 3 aromatic heterocycles. The highest BCUT2D eigenvalue weighted by atomic mass is 15.1. The van der Waals surface area contributed by atoms with Crippen molar-refractivity contribution in [3.05, 3.63) is 53.5 Å². The normalized spacial score (nSPS) is 12.8. The summed E-state index contributed by atoms with van der Waals surface area (Å²) in [5.41, 5.74) is 5.25. The quantitative estimate of drug-likeness (QED) is 0.564. The fourth-order valence-electron chi connectivity index (χ4n) is 3.48. The van der Waals surface area contributed by atoms with Crippen molar-refractivity contribution >= 4 is 11.0 Å². The number of nitrogens with one attached hydrogen (secondary N) is 2. The van der Waals surface area contributed by atoms with Crippen molar-refractivity contribution in [3.63, 3.8) is 0 Å². The summed E-state index contributed by atoms with van der Waals surface area (Å²) in [6.07, 6.45) is 5.64. The largest absolute Gasteiger partial charge is 0.345 e. The molecule has 0 aliphatic heterocycles. The minimum atomic E-state index is 0.0846. The monoisotopic (exact) mass is 348 g/mol. The third kappa shape index (κ3) is 2.71. The maximum atomic E-state index is 4.83. The van der Waals surface area contributed by atoms with Gasteiger partial charge in [-0.2, -0.15) is 0 Å². The van der Waals surface area contributed by atoms with Crippen molar-refractivity contribution in [1.29, 1.82) is 0 Å². The molecule has 6 nitrogen and oxygen atoms in total. The van der Waals surface area contributed by atoms with Crippen LogP contribution in [0.25, 0.3) is 22.6 Å². The van der Waals surface area contributed by atoms with E-state index in [1.807, 2.05) is 19.3 Å². The fourth-order valence-corrected chi connectivity index (χ4v) is 3.48. The number of imidazole rings is 3. The van der Waals surface area contributed by atoms with Crippen molar-refractivity contribution in [2.45, 2.75) is 46.6 Å². The highest BCUT2D eigenvalue weighted by Crippen LogP contribution is 2.29. The van der Waals surface area contributed by atoms with Crippen molar-refractivity contribution in [2.75, 3.05) is 0 Å². The highest BCUT2D eigenvalue weighted by molar-refractivity contribution is 5.76. The third-order valence-corrected chi connectivity index (χ3v) is 4.84. The van der Waals surface area contributed by atoms with Gasteiger partial charge in [-0.3, -0.25) is 0 Å². The second-order valence-electron chi connectivity index (χ2n) is 6.74. The lowest BCUT2D eigenvalue weighted by atomic mass is 10.2. The van der Waals surface area contributed by atoms with Gasteiger partial charge < -0.3 is 14.5 Å². The van der Waals surface area contributed by atoms with Crippen LogP contribution in [-0.4, -0.2) is 29.5 Å². The molecule has 1 atom stereocenters. The molecule has 3 heterocycles. The van der Waals surface area contributed by atoms with Gasteiger partial charge >= 0.3 is 0 Å². The Hall–Kier alpha value is -2.89. The van der Waals surface area contributed by atoms with E-state index < -0.39 is 0 Å². The molecule has 0 spiro atoms. The van der Waals surface area contributed by atoms with Gasteiger partial charge in [-0.15, -0.1) is 0 Å². The van der Waals surface area contributed by atoms with E-state index in [0.29, 0.717) is 0 Å². The number of aryl methyl sites for hydroxylation is 3. The summed E-state index contributed by atoms with van der Waals surface area (Å²) in [4.78, 5) is 21.0. The molecule has 0 unspecified atom stereocenters. The van der Waals surface area contributed by atoms with Gasteiger partial charge in [-0.1, -0.05) is 19.9 Å². The second-order valence-corrected chi connectivity index (χ2v) is 6.74. The molecule has 0 bridgehead atoms. The van der Waals surface area contributed by atoms with Gasteiger partial charge in [0.15, 0.2) is 5.82 Å². The molecule has 4 rings (SSSR count). The van der Waals surface area contributed by atoms with Crippen LogP contribution in [0, 0.1) is 13.8 Å². The Morgan fingerprint density at radius 3 is 2.69 bits per heavy atom. The summed E-state index contributed by atoms with van der Waals surface area (Å²) in [7, 11) is 0. The van der Waals surface area contributed by atoms with Crippen molar-refractivity contribution < 1.29 is 0 Å². The Bertz CT molecular complexity index is 1050. The zero-order valence-corrected chi connectivity index (χ0v) is 15.7. The SMILES string of the molecule is CCc1nc(-c2nccn2[C@@H](CC)c2nc3ccc(C)cc3[nH]2)c(C)[nH]1. The number of aromatic nitrogens is 6. The first-order chi connectivity index (χ1) is 12.6. The van der Waals surface area contributed by atoms with Crippen LogP contribution in [0.4, 0.5) is 0 Å². The van der Waals surface area contributed by atoms with Crippen LogP contribution in [0.5, 0.6) is 0 Å². The topological polar surface area (TPSA) is 75.2 Å². The van der Waals surface area contributed by atoms with Crippen LogP contribution in [0.2, 0.25) is 0 Å². The van der Waals surface area contributed by atoms with Gasteiger partial charge in [0.25, 0.3) is 0 Å². The van der Waals surface area contributed by atoms with Gasteiger partial charge in [0.2, 0.25) is 0 Å². The fraction of sp³-hybridized carbons (Fsp3) is 0.350. The predicted molar refractivity (Wildman–Crippen MR) is 103 cm³/mol. The summed E-state index contributed by atoms with van der Waals surface area (Å²) in [5.74, 6) is 2.82. The summed E-state index contributed by atoms with van der Waals surface area (Å²) < 4.78 is 2.17. The average Bonchev–Trinajstić information content (AvgIpc) is 3.33. The molecule has 0 aliphatic carbocycles. The van der Waals surface area contributed by atoms with E-state index in [-0.39, 0.29) is 6.04 Å². The molecule has 0 saturated carbocycles. The van der Waals surface area contributed by atoms with E-state index in [0.717, 1.165) is 52.7 Å². The zero-order valence-electron chi connectivity index (χ0n) is 15.7. The van der Waals surface area contributed by atoms with Crippen LogP contribution in [-0.2, 0) is 6.42 Å². The minimum Gasteiger partial charge on any atom is -0.345 e. The minimum absolute atomic E-state index is 0.0846. The van der Waals surface area contributed by atoms with E-state index in [4.69, 9.17) is 9.97 Å². The van der Waals surface area contributed by atoms with Gasteiger partial charge in [0.05, 0.1) is 17.1 Å². The van der Waals surface area contributed by atoms with E-state index in [1.54, 1.807) is 0 Å². The molecular formula is C20H24N6. The second kappa shape index (κ2) is 6.44. The average molecular weight is 348 g/mol. The Labute approximate surface area is 152 Å². The van der Waals surface area contributed by atoms with Crippen molar-refractivity contribution in [2.24, 2.45) is 0 Å². The number of benzene rings is 1. The number of aromatic amines is 2. The Morgan fingerprint density at radius 1 is 1.12 bits per heavy atom. The summed E-state index contributed by atoms with van der Waals surface area (Å²) in [6.45, 7) is 8.41. The molecule has 0 fully saturated rings. The Kier molecular flexibility index (Phi) is 4.11. The van der Waals surface area contributed by atoms with Crippen molar-refractivity contribution in [1.82, 2.24) is 29.5 Å². The summed E-state index contributed by atoms with van der Waals surface area (Å²) in [6, 6.07) is 6.38. The van der Waals surface area contributed by atoms with E-state index in [9.17, 15) is 0 Å². The molecule has 0 saturated heterocycles. The Balaban J connectivity index is 1.80. The van der Waals surface area contributed by atoms with Crippen LogP contribution in [0.3, 0.4) is 0 Å². The van der Waals surface area contributed by atoms with Crippen LogP contribution >= 0.6 is 0 Å². The Morgan fingerprint density at radius 2 is 1.96 bits per heavy atom. The van der Waals surface area contributed by atoms with Gasteiger partial charge in [-0.05, 0) is 38.0 Å². The highest BCUT2D eigenvalue weighted by Gasteiger charge is 2.22. The predicted octanol–water partition coefficient (Wildman–Crippen LogP) is 4.33. The van der Waals surface area contributed by atoms with Crippen molar-refractivity contribution in [3.8, 4) is 11.5 Å². The van der Waals surface area contributed by atoms with Gasteiger partial charge in [-0.25, -0.2) is 15.0 Å². The first-order valence-corrected chi connectivity index (χ1v) is 9.15. The molecular weight excluding hydrogens is 324 g/mol. The molecule has 2 N–H and O–H groups in total. The maximum Gasteiger partial charge on any atom is 0.161 e. The molecule has 4 aromatic rings. The lowest BCUT2D eigenvalue weighted by Gasteiger charge is -2.16.